The molecule has 0 saturated carbocycles. The largest absolute Gasteiger partial charge is 0.378 e. The summed E-state index contributed by atoms with van der Waals surface area (Å²) < 4.78 is 0. The second-order valence-corrected chi connectivity index (χ2v) is 6.96. The number of carbonyl (C=O) groups excluding carboxylic acids is 1. The van der Waals surface area contributed by atoms with Gasteiger partial charge in [-0.25, -0.2) is 4.98 Å². The topological polar surface area (TPSA) is 108 Å². The highest BCUT2D eigenvalue weighted by molar-refractivity contribution is 5.95. The average molecular weight is 413 g/mol. The summed E-state index contributed by atoms with van der Waals surface area (Å²) >= 11 is 0. The lowest BCUT2D eigenvalue weighted by Gasteiger charge is -2.10. The van der Waals surface area contributed by atoms with E-state index in [1.165, 1.54) is 0 Å². The smallest absolute Gasteiger partial charge is 0.251 e. The van der Waals surface area contributed by atoms with Gasteiger partial charge in [0.15, 0.2) is 5.82 Å². The third kappa shape index (κ3) is 5.11. The van der Waals surface area contributed by atoms with Crippen LogP contribution in [0.15, 0.2) is 67.3 Å². The first-order valence-corrected chi connectivity index (χ1v) is 10.1. The molecule has 0 atom stereocenters. The SMILES string of the molecule is CCc1cnccc1CNC(=O)c1cccc(NCc2nc(-c3ccncc3)n[nH]2)c1. The minimum absolute atomic E-state index is 0.123. The van der Waals surface area contributed by atoms with E-state index in [4.69, 9.17) is 0 Å². The molecule has 3 heterocycles. The van der Waals surface area contributed by atoms with Gasteiger partial charge in [-0.3, -0.25) is 19.9 Å². The summed E-state index contributed by atoms with van der Waals surface area (Å²) in [6.45, 7) is 3.00. The summed E-state index contributed by atoms with van der Waals surface area (Å²) in [6, 6.07) is 13.0. The second kappa shape index (κ2) is 9.62. The first kappa shape index (κ1) is 20.2. The molecule has 0 aliphatic heterocycles. The molecule has 31 heavy (non-hydrogen) atoms. The number of hydrogen-bond donors (Lipinski definition) is 3. The van der Waals surface area contributed by atoms with Crippen LogP contribution < -0.4 is 10.6 Å². The summed E-state index contributed by atoms with van der Waals surface area (Å²) in [7, 11) is 0. The number of carbonyl (C=O) groups is 1. The van der Waals surface area contributed by atoms with E-state index in [2.05, 4.69) is 42.7 Å². The fourth-order valence-electron chi connectivity index (χ4n) is 3.18. The highest BCUT2D eigenvalue weighted by atomic mass is 16.1. The highest BCUT2D eigenvalue weighted by Gasteiger charge is 2.09. The maximum atomic E-state index is 12.6. The molecule has 0 bridgehead atoms. The van der Waals surface area contributed by atoms with E-state index in [0.29, 0.717) is 30.3 Å². The summed E-state index contributed by atoms with van der Waals surface area (Å²) in [5.41, 5.74) is 4.53. The van der Waals surface area contributed by atoms with Crippen LogP contribution in [0.5, 0.6) is 0 Å². The molecule has 3 aromatic heterocycles. The van der Waals surface area contributed by atoms with Crippen molar-refractivity contribution in [2.75, 3.05) is 5.32 Å². The van der Waals surface area contributed by atoms with Gasteiger partial charge in [-0.1, -0.05) is 13.0 Å². The number of aromatic nitrogens is 5. The standard InChI is InChI=1S/C23H23N7O/c1-2-16-13-25-11-8-19(16)14-27-23(31)18-4-3-5-20(12-18)26-15-21-28-22(30-29-21)17-6-9-24-10-7-17/h3-13,26H,2,14-15H2,1H3,(H,27,31)(H,28,29,30). The van der Waals surface area contributed by atoms with Crippen LogP contribution in [0.25, 0.3) is 11.4 Å². The zero-order chi connectivity index (χ0) is 21.5. The van der Waals surface area contributed by atoms with Crippen LogP contribution in [-0.4, -0.2) is 31.1 Å². The number of nitrogens with one attached hydrogen (secondary N) is 3. The number of hydrogen-bond acceptors (Lipinski definition) is 6. The van der Waals surface area contributed by atoms with Crippen LogP contribution in [0.1, 0.15) is 34.2 Å². The lowest BCUT2D eigenvalue weighted by molar-refractivity contribution is 0.0951. The number of amides is 1. The average Bonchev–Trinajstić information content (AvgIpc) is 3.31. The van der Waals surface area contributed by atoms with Crippen molar-refractivity contribution in [3.8, 4) is 11.4 Å². The van der Waals surface area contributed by atoms with Gasteiger partial charge < -0.3 is 10.6 Å². The van der Waals surface area contributed by atoms with Crippen LogP contribution in [-0.2, 0) is 19.5 Å². The van der Waals surface area contributed by atoms with E-state index >= 15 is 0 Å². The first-order chi connectivity index (χ1) is 15.2. The fraction of sp³-hybridized carbons (Fsp3) is 0.174. The van der Waals surface area contributed by atoms with Gasteiger partial charge in [0, 0.05) is 48.1 Å². The molecule has 0 radical (unpaired) electrons. The van der Waals surface area contributed by atoms with Crippen LogP contribution in [0.3, 0.4) is 0 Å². The minimum atomic E-state index is -0.123. The number of nitrogens with zero attached hydrogens (tertiary/aromatic N) is 4. The Balaban J connectivity index is 1.36. The van der Waals surface area contributed by atoms with Gasteiger partial charge in [0.2, 0.25) is 0 Å². The van der Waals surface area contributed by atoms with Crippen molar-refractivity contribution in [2.24, 2.45) is 0 Å². The Morgan fingerprint density at radius 3 is 2.68 bits per heavy atom. The van der Waals surface area contributed by atoms with Crippen molar-refractivity contribution < 1.29 is 4.79 Å². The lowest BCUT2D eigenvalue weighted by atomic mass is 10.1. The predicted molar refractivity (Wildman–Crippen MR) is 118 cm³/mol. The van der Waals surface area contributed by atoms with Gasteiger partial charge in [-0.05, 0) is 53.9 Å². The molecule has 0 spiro atoms. The summed E-state index contributed by atoms with van der Waals surface area (Å²) in [5.74, 6) is 1.20. The van der Waals surface area contributed by atoms with Gasteiger partial charge in [0.1, 0.15) is 5.82 Å². The zero-order valence-corrected chi connectivity index (χ0v) is 17.2. The van der Waals surface area contributed by atoms with E-state index < -0.39 is 0 Å². The van der Waals surface area contributed by atoms with Crippen molar-refractivity contribution in [1.29, 1.82) is 0 Å². The van der Waals surface area contributed by atoms with E-state index in [1.807, 2.05) is 42.6 Å². The van der Waals surface area contributed by atoms with Crippen molar-refractivity contribution in [1.82, 2.24) is 30.5 Å². The van der Waals surface area contributed by atoms with Gasteiger partial charge in [0.05, 0.1) is 6.54 Å². The first-order valence-electron chi connectivity index (χ1n) is 10.1. The highest BCUT2D eigenvalue weighted by Crippen LogP contribution is 2.15. The summed E-state index contributed by atoms with van der Waals surface area (Å²) in [4.78, 5) is 25.2. The normalized spacial score (nSPS) is 10.6. The van der Waals surface area contributed by atoms with Gasteiger partial charge in [-0.15, -0.1) is 0 Å². The molecule has 8 heteroatoms. The molecule has 0 fully saturated rings. The number of rotatable bonds is 8. The number of H-pyrrole nitrogens is 1. The Hall–Kier alpha value is -4.07. The van der Waals surface area contributed by atoms with Gasteiger partial charge >= 0.3 is 0 Å². The molecule has 0 aliphatic carbocycles. The van der Waals surface area contributed by atoms with E-state index in [0.717, 1.165) is 28.8 Å². The van der Waals surface area contributed by atoms with Gasteiger partial charge in [0.25, 0.3) is 5.91 Å². The van der Waals surface area contributed by atoms with Gasteiger partial charge in [-0.2, -0.15) is 5.10 Å². The quantitative estimate of drug-likeness (QED) is 0.409. The number of pyridine rings is 2. The molecule has 1 aromatic carbocycles. The molecule has 0 saturated heterocycles. The van der Waals surface area contributed by atoms with E-state index in [9.17, 15) is 4.79 Å². The maximum absolute atomic E-state index is 12.6. The van der Waals surface area contributed by atoms with E-state index in [1.54, 1.807) is 24.7 Å². The maximum Gasteiger partial charge on any atom is 0.251 e. The Bertz CT molecular complexity index is 1160. The second-order valence-electron chi connectivity index (χ2n) is 6.96. The van der Waals surface area contributed by atoms with Crippen molar-refractivity contribution in [2.45, 2.75) is 26.4 Å². The van der Waals surface area contributed by atoms with Crippen LogP contribution in [0.2, 0.25) is 0 Å². The Morgan fingerprint density at radius 2 is 1.84 bits per heavy atom. The zero-order valence-electron chi connectivity index (χ0n) is 17.2. The number of benzene rings is 1. The summed E-state index contributed by atoms with van der Waals surface area (Å²) in [5, 5.41) is 13.4. The lowest BCUT2D eigenvalue weighted by Crippen LogP contribution is -2.23. The van der Waals surface area contributed by atoms with Crippen molar-refractivity contribution in [3.63, 3.8) is 0 Å². The third-order valence-electron chi connectivity index (χ3n) is 4.88. The minimum Gasteiger partial charge on any atom is -0.378 e. The van der Waals surface area contributed by atoms with Crippen LogP contribution >= 0.6 is 0 Å². The Morgan fingerprint density at radius 1 is 1.00 bits per heavy atom. The number of aromatic amines is 1. The van der Waals surface area contributed by atoms with Crippen molar-refractivity contribution >= 4 is 11.6 Å². The monoisotopic (exact) mass is 413 g/mol. The molecule has 156 valence electrons. The molecule has 8 nitrogen and oxygen atoms in total. The molecular formula is C23H23N7O. The van der Waals surface area contributed by atoms with E-state index in [-0.39, 0.29) is 5.91 Å². The number of anilines is 1. The molecule has 0 aliphatic rings. The molecular weight excluding hydrogens is 390 g/mol. The Labute approximate surface area is 180 Å². The molecule has 4 aromatic rings. The van der Waals surface area contributed by atoms with Crippen molar-refractivity contribution in [3.05, 3.63) is 89.8 Å². The van der Waals surface area contributed by atoms with Crippen LogP contribution in [0, 0.1) is 0 Å². The molecule has 1 amide bonds. The fourth-order valence-corrected chi connectivity index (χ4v) is 3.18. The number of aryl methyl sites for hydroxylation is 1. The Kier molecular flexibility index (Phi) is 6.27. The molecule has 0 unspecified atom stereocenters. The third-order valence-corrected chi connectivity index (χ3v) is 4.88. The molecule has 4 rings (SSSR count). The summed E-state index contributed by atoms with van der Waals surface area (Å²) in [6.07, 6.45) is 7.88. The predicted octanol–water partition coefficient (Wildman–Crippen LogP) is 3.37. The molecule has 3 N–H and O–H groups in total. The van der Waals surface area contributed by atoms with Crippen LogP contribution in [0.4, 0.5) is 5.69 Å².